The van der Waals surface area contributed by atoms with Gasteiger partial charge in [0.25, 0.3) is 0 Å². The van der Waals surface area contributed by atoms with E-state index in [1.165, 1.54) is 11.8 Å². The zero-order valence-electron chi connectivity index (χ0n) is 9.85. The number of rotatable bonds is 4. The predicted molar refractivity (Wildman–Crippen MR) is 84.9 cm³/mol. The van der Waals surface area contributed by atoms with Gasteiger partial charge in [0.2, 0.25) is 0 Å². The molecule has 2 aromatic carbocycles. The van der Waals surface area contributed by atoms with Gasteiger partial charge in [-0.05, 0) is 60.0 Å². The number of ketones is 1. The van der Waals surface area contributed by atoms with Gasteiger partial charge < -0.3 is 0 Å². The topological polar surface area (TPSA) is 17.1 Å². The van der Waals surface area contributed by atoms with Crippen LogP contribution in [-0.4, -0.2) is 5.78 Å². The fraction of sp³-hybridized carbons (Fsp3) is 0. The second-order valence-corrected chi connectivity index (χ2v) is 6.08. The maximum atomic E-state index is 11.8. The zero-order chi connectivity index (χ0) is 13.7. The van der Waals surface area contributed by atoms with Crippen LogP contribution < -0.4 is 0 Å². The van der Waals surface area contributed by atoms with Crippen LogP contribution in [0.4, 0.5) is 0 Å². The molecule has 0 radical (unpaired) electrons. The third-order valence-corrected chi connectivity index (χ3v) is 3.96. The second kappa shape index (κ2) is 6.94. The van der Waals surface area contributed by atoms with Gasteiger partial charge in [-0.1, -0.05) is 39.3 Å². The third-order valence-electron chi connectivity index (χ3n) is 2.37. The molecule has 0 fully saturated rings. The molecule has 0 aromatic heterocycles. The number of hydrogen-bond donors (Lipinski definition) is 0. The van der Waals surface area contributed by atoms with Crippen LogP contribution in [0, 0.1) is 0 Å². The molecule has 0 saturated heterocycles. The number of benzene rings is 2. The van der Waals surface area contributed by atoms with Crippen molar-refractivity contribution in [3.8, 4) is 0 Å². The lowest BCUT2D eigenvalue weighted by molar-refractivity contribution is 0.104. The Morgan fingerprint density at radius 3 is 2.32 bits per heavy atom. The highest BCUT2D eigenvalue weighted by Crippen LogP contribution is 2.21. The molecule has 0 aliphatic carbocycles. The molecule has 0 aliphatic heterocycles. The van der Waals surface area contributed by atoms with Crippen molar-refractivity contribution in [3.05, 3.63) is 75.1 Å². The van der Waals surface area contributed by atoms with Gasteiger partial charge in [-0.3, -0.25) is 4.79 Å². The molecular formula is C15H10BrClOS. The lowest BCUT2D eigenvalue weighted by atomic mass is 10.1. The highest BCUT2D eigenvalue weighted by Gasteiger charge is 2.00. The van der Waals surface area contributed by atoms with Crippen LogP contribution in [0.5, 0.6) is 0 Å². The monoisotopic (exact) mass is 352 g/mol. The van der Waals surface area contributed by atoms with E-state index in [1.54, 1.807) is 35.7 Å². The lowest BCUT2D eigenvalue weighted by Crippen LogP contribution is -1.92. The first kappa shape index (κ1) is 14.4. The molecular weight excluding hydrogens is 344 g/mol. The van der Waals surface area contributed by atoms with Crippen LogP contribution in [0.2, 0.25) is 5.02 Å². The summed E-state index contributed by atoms with van der Waals surface area (Å²) in [5, 5.41) is 2.42. The molecule has 19 heavy (non-hydrogen) atoms. The number of hydrogen-bond acceptors (Lipinski definition) is 2. The van der Waals surface area contributed by atoms with E-state index in [2.05, 4.69) is 15.9 Å². The smallest absolute Gasteiger partial charge is 0.186 e. The Morgan fingerprint density at radius 1 is 1.05 bits per heavy atom. The van der Waals surface area contributed by atoms with Crippen molar-refractivity contribution in [2.75, 3.05) is 0 Å². The van der Waals surface area contributed by atoms with Crippen LogP contribution in [-0.2, 0) is 0 Å². The van der Waals surface area contributed by atoms with Gasteiger partial charge in [0, 0.05) is 20.0 Å². The summed E-state index contributed by atoms with van der Waals surface area (Å²) in [4.78, 5) is 12.9. The van der Waals surface area contributed by atoms with E-state index >= 15 is 0 Å². The fourth-order valence-corrected chi connectivity index (χ4v) is 2.43. The summed E-state index contributed by atoms with van der Waals surface area (Å²) in [5.41, 5.74) is 0.636. The van der Waals surface area contributed by atoms with Gasteiger partial charge in [-0.2, -0.15) is 0 Å². The van der Waals surface area contributed by atoms with Crippen LogP contribution in [0.25, 0.3) is 0 Å². The largest absolute Gasteiger partial charge is 0.289 e. The van der Waals surface area contributed by atoms with Crippen LogP contribution in [0.1, 0.15) is 10.4 Å². The van der Waals surface area contributed by atoms with E-state index < -0.39 is 0 Å². The number of halogens is 2. The Kier molecular flexibility index (Phi) is 5.25. The summed E-state index contributed by atoms with van der Waals surface area (Å²) in [6.07, 6.45) is 1.57. The number of carbonyl (C=O) groups excluding carboxylic acids is 1. The molecule has 0 aliphatic rings. The standard InChI is InChI=1S/C15H10BrClOS/c16-12-3-7-14(8-4-12)19-10-9-15(18)11-1-5-13(17)6-2-11/h1-10H. The third kappa shape index (κ3) is 4.53. The van der Waals surface area contributed by atoms with Crippen molar-refractivity contribution < 1.29 is 4.79 Å². The summed E-state index contributed by atoms with van der Waals surface area (Å²) in [6, 6.07) is 14.8. The van der Waals surface area contributed by atoms with Crippen molar-refractivity contribution in [3.63, 3.8) is 0 Å². The first-order valence-electron chi connectivity index (χ1n) is 5.54. The van der Waals surface area contributed by atoms with Gasteiger partial charge >= 0.3 is 0 Å². The molecule has 0 unspecified atom stereocenters. The Morgan fingerprint density at radius 2 is 1.68 bits per heavy atom. The van der Waals surface area contributed by atoms with Crippen LogP contribution in [0.15, 0.2) is 69.4 Å². The van der Waals surface area contributed by atoms with Crippen molar-refractivity contribution in [2.45, 2.75) is 4.90 Å². The predicted octanol–water partition coefficient (Wildman–Crippen LogP) is 5.59. The molecule has 0 amide bonds. The second-order valence-electron chi connectivity index (χ2n) is 3.75. The normalized spacial score (nSPS) is 10.8. The minimum atomic E-state index is -0.0266. The molecule has 2 rings (SSSR count). The SMILES string of the molecule is O=C(C=CSc1ccc(Br)cc1)c1ccc(Cl)cc1. The summed E-state index contributed by atoms with van der Waals surface area (Å²) < 4.78 is 1.04. The van der Waals surface area contributed by atoms with E-state index in [-0.39, 0.29) is 5.78 Å². The molecule has 2 aromatic rings. The van der Waals surface area contributed by atoms with Crippen LogP contribution in [0.3, 0.4) is 0 Å². The quantitative estimate of drug-likeness (QED) is 0.405. The van der Waals surface area contributed by atoms with Gasteiger partial charge in [-0.25, -0.2) is 0 Å². The molecule has 1 nitrogen and oxygen atoms in total. The molecule has 0 atom stereocenters. The molecule has 0 spiro atoms. The summed E-state index contributed by atoms with van der Waals surface area (Å²) in [7, 11) is 0. The molecule has 0 bridgehead atoms. The Bertz CT molecular complexity index is 591. The molecule has 0 N–H and O–H groups in total. The summed E-state index contributed by atoms with van der Waals surface area (Å²) >= 11 is 10.7. The Labute approximate surface area is 129 Å². The number of allylic oxidation sites excluding steroid dienone is 1. The zero-order valence-corrected chi connectivity index (χ0v) is 13.0. The average molecular weight is 354 g/mol. The highest BCUT2D eigenvalue weighted by molar-refractivity contribution is 9.10. The van der Waals surface area contributed by atoms with Crippen LogP contribution >= 0.6 is 39.3 Å². The Hall–Kier alpha value is -1.03. The number of thioether (sulfide) groups is 1. The minimum absolute atomic E-state index is 0.0266. The number of carbonyl (C=O) groups is 1. The van der Waals surface area contributed by atoms with E-state index in [0.29, 0.717) is 10.6 Å². The highest BCUT2D eigenvalue weighted by atomic mass is 79.9. The van der Waals surface area contributed by atoms with Gasteiger partial charge in [0.05, 0.1) is 0 Å². The van der Waals surface area contributed by atoms with E-state index in [9.17, 15) is 4.79 Å². The van der Waals surface area contributed by atoms with Gasteiger partial charge in [0.15, 0.2) is 5.78 Å². The summed E-state index contributed by atoms with van der Waals surface area (Å²) in [6.45, 7) is 0. The van der Waals surface area contributed by atoms with Crippen molar-refractivity contribution in [2.24, 2.45) is 0 Å². The molecule has 4 heteroatoms. The maximum absolute atomic E-state index is 11.8. The van der Waals surface area contributed by atoms with E-state index in [0.717, 1.165) is 9.37 Å². The van der Waals surface area contributed by atoms with E-state index in [1.807, 2.05) is 24.3 Å². The van der Waals surface area contributed by atoms with E-state index in [4.69, 9.17) is 11.6 Å². The first-order valence-corrected chi connectivity index (χ1v) is 7.59. The maximum Gasteiger partial charge on any atom is 0.186 e. The average Bonchev–Trinajstić information content (AvgIpc) is 2.41. The molecule has 0 saturated carbocycles. The van der Waals surface area contributed by atoms with Gasteiger partial charge in [0.1, 0.15) is 0 Å². The molecule has 0 heterocycles. The first-order chi connectivity index (χ1) is 9.15. The summed E-state index contributed by atoms with van der Waals surface area (Å²) in [5.74, 6) is -0.0266. The van der Waals surface area contributed by atoms with Crippen molar-refractivity contribution >= 4 is 45.1 Å². The lowest BCUT2D eigenvalue weighted by Gasteiger charge is -1.97. The van der Waals surface area contributed by atoms with Gasteiger partial charge in [-0.15, -0.1) is 0 Å². The fourth-order valence-electron chi connectivity index (χ4n) is 1.40. The van der Waals surface area contributed by atoms with Crippen molar-refractivity contribution in [1.82, 2.24) is 0 Å². The van der Waals surface area contributed by atoms with Crippen molar-refractivity contribution in [1.29, 1.82) is 0 Å². The molecule has 96 valence electrons. The Balaban J connectivity index is 1.97. The minimum Gasteiger partial charge on any atom is -0.289 e.